The van der Waals surface area contributed by atoms with E-state index in [1.165, 1.54) is 12.1 Å². The summed E-state index contributed by atoms with van der Waals surface area (Å²) in [4.78, 5) is 12.3. The summed E-state index contributed by atoms with van der Waals surface area (Å²) in [5, 5.41) is 11.7. The van der Waals surface area contributed by atoms with Crippen LogP contribution in [0.2, 0.25) is 0 Å². The molecule has 2 N–H and O–H groups in total. The van der Waals surface area contributed by atoms with E-state index >= 15 is 0 Å². The van der Waals surface area contributed by atoms with Gasteiger partial charge in [0.05, 0.1) is 6.61 Å². The number of nitrogens with one attached hydrogen (secondary N) is 1. The molecule has 0 heterocycles. The predicted molar refractivity (Wildman–Crippen MR) is 88.1 cm³/mol. The van der Waals surface area contributed by atoms with E-state index in [4.69, 9.17) is 9.84 Å². The third-order valence-electron chi connectivity index (χ3n) is 4.28. The molecular formula is C19H19F2NO3. The van der Waals surface area contributed by atoms with Gasteiger partial charge >= 0.3 is 0 Å². The molecule has 132 valence electrons. The number of carbonyl (C=O) groups excluding carboxylic acids is 1. The van der Waals surface area contributed by atoms with Crippen molar-refractivity contribution in [2.45, 2.75) is 18.9 Å². The van der Waals surface area contributed by atoms with Crippen molar-refractivity contribution in [2.24, 2.45) is 5.92 Å². The molecule has 4 nitrogen and oxygen atoms in total. The maximum Gasteiger partial charge on any atom is 0.224 e. The highest BCUT2D eigenvalue weighted by Gasteiger charge is 2.45. The lowest BCUT2D eigenvalue weighted by Gasteiger charge is -2.11. The van der Waals surface area contributed by atoms with Gasteiger partial charge in [0.2, 0.25) is 5.91 Å². The number of hydrogen-bond acceptors (Lipinski definition) is 3. The molecule has 1 fully saturated rings. The van der Waals surface area contributed by atoms with E-state index in [1.807, 2.05) is 18.2 Å². The smallest absolute Gasteiger partial charge is 0.224 e. The van der Waals surface area contributed by atoms with E-state index in [9.17, 15) is 13.6 Å². The third kappa shape index (κ3) is 3.96. The van der Waals surface area contributed by atoms with Crippen molar-refractivity contribution in [2.75, 3.05) is 13.2 Å². The minimum absolute atomic E-state index is 0.0936. The zero-order valence-corrected chi connectivity index (χ0v) is 13.5. The van der Waals surface area contributed by atoms with E-state index in [1.54, 1.807) is 6.07 Å². The number of rotatable bonds is 7. The molecule has 0 radical (unpaired) electrons. The normalized spacial score (nSPS) is 18.7. The van der Waals surface area contributed by atoms with E-state index in [2.05, 4.69) is 5.32 Å². The average Bonchev–Trinajstić information content (AvgIpc) is 3.41. The second kappa shape index (κ2) is 7.61. The van der Waals surface area contributed by atoms with Crippen LogP contribution >= 0.6 is 0 Å². The summed E-state index contributed by atoms with van der Waals surface area (Å²) < 4.78 is 32.5. The first-order valence-electron chi connectivity index (χ1n) is 8.15. The number of para-hydroxylation sites is 1. The number of aliphatic hydroxyl groups is 1. The highest BCUT2D eigenvalue weighted by molar-refractivity contribution is 5.83. The number of hydrogen-bond donors (Lipinski definition) is 2. The first-order valence-corrected chi connectivity index (χ1v) is 8.15. The van der Waals surface area contributed by atoms with Crippen LogP contribution in [0.15, 0.2) is 42.5 Å². The van der Waals surface area contributed by atoms with Crippen molar-refractivity contribution in [1.82, 2.24) is 5.32 Å². The third-order valence-corrected chi connectivity index (χ3v) is 4.28. The van der Waals surface area contributed by atoms with Crippen LogP contribution < -0.4 is 10.1 Å². The van der Waals surface area contributed by atoms with Crippen molar-refractivity contribution in [1.29, 1.82) is 0 Å². The standard InChI is InChI=1S/C19H19F2NO3/c20-16-6-3-5-13(18(16)21)14-10-15(14)19(24)22-11-12-4-1-2-7-17(12)25-9-8-23/h1-7,14-15,23H,8-11H2,(H,22,24). The summed E-state index contributed by atoms with van der Waals surface area (Å²) >= 11 is 0. The molecule has 0 aromatic heterocycles. The maximum absolute atomic E-state index is 13.8. The number of ether oxygens (including phenoxy) is 1. The Labute approximate surface area is 144 Å². The summed E-state index contributed by atoms with van der Waals surface area (Å²) in [5.74, 6) is -1.98. The summed E-state index contributed by atoms with van der Waals surface area (Å²) in [7, 11) is 0. The van der Waals surface area contributed by atoms with E-state index in [0.29, 0.717) is 12.2 Å². The van der Waals surface area contributed by atoms with Gasteiger partial charge in [0.15, 0.2) is 11.6 Å². The zero-order valence-electron chi connectivity index (χ0n) is 13.5. The molecule has 2 aromatic rings. The van der Waals surface area contributed by atoms with E-state index < -0.39 is 11.6 Å². The molecule has 2 unspecified atom stereocenters. The Kier molecular flexibility index (Phi) is 5.28. The molecule has 1 amide bonds. The van der Waals surface area contributed by atoms with Crippen molar-refractivity contribution in [3.63, 3.8) is 0 Å². The van der Waals surface area contributed by atoms with Crippen molar-refractivity contribution >= 4 is 5.91 Å². The molecule has 2 atom stereocenters. The summed E-state index contributed by atoms with van der Waals surface area (Å²) in [5.41, 5.74) is 1.05. The molecule has 0 bridgehead atoms. The largest absolute Gasteiger partial charge is 0.491 e. The van der Waals surface area contributed by atoms with Gasteiger partial charge in [-0.05, 0) is 30.0 Å². The first-order chi connectivity index (χ1) is 12.1. The van der Waals surface area contributed by atoms with E-state index in [-0.39, 0.29) is 43.1 Å². The van der Waals surface area contributed by atoms with Crippen LogP contribution in [-0.4, -0.2) is 24.2 Å². The second-order valence-electron chi connectivity index (χ2n) is 5.99. The fourth-order valence-corrected chi connectivity index (χ4v) is 2.90. The molecule has 3 rings (SSSR count). The van der Waals surface area contributed by atoms with Crippen LogP contribution in [0.5, 0.6) is 5.75 Å². The summed E-state index contributed by atoms with van der Waals surface area (Å²) in [6.45, 7) is 0.355. The Morgan fingerprint density at radius 1 is 1.20 bits per heavy atom. The Balaban J connectivity index is 1.59. The van der Waals surface area contributed by atoms with Crippen LogP contribution in [-0.2, 0) is 11.3 Å². The van der Waals surface area contributed by atoms with Crippen LogP contribution in [0.25, 0.3) is 0 Å². The van der Waals surface area contributed by atoms with Crippen molar-refractivity contribution in [3.8, 4) is 5.75 Å². The number of aliphatic hydroxyl groups excluding tert-OH is 1. The molecule has 2 aromatic carbocycles. The highest BCUT2D eigenvalue weighted by atomic mass is 19.2. The lowest BCUT2D eigenvalue weighted by atomic mass is 10.1. The fraction of sp³-hybridized carbons (Fsp3) is 0.316. The number of halogens is 2. The Hall–Kier alpha value is -2.47. The van der Waals surface area contributed by atoms with Crippen LogP contribution in [0.3, 0.4) is 0 Å². The maximum atomic E-state index is 13.8. The van der Waals surface area contributed by atoms with E-state index in [0.717, 1.165) is 11.6 Å². The second-order valence-corrected chi connectivity index (χ2v) is 5.99. The Morgan fingerprint density at radius 2 is 2.00 bits per heavy atom. The highest BCUT2D eigenvalue weighted by Crippen LogP contribution is 2.48. The Morgan fingerprint density at radius 3 is 2.80 bits per heavy atom. The molecule has 1 aliphatic carbocycles. The lowest BCUT2D eigenvalue weighted by molar-refractivity contribution is -0.122. The first kappa shape index (κ1) is 17.4. The van der Waals surface area contributed by atoms with Gasteiger partial charge in [-0.1, -0.05) is 30.3 Å². The monoisotopic (exact) mass is 347 g/mol. The summed E-state index contributed by atoms with van der Waals surface area (Å²) in [6.07, 6.45) is 0.509. The van der Waals surface area contributed by atoms with Gasteiger partial charge in [0, 0.05) is 18.0 Å². The van der Waals surface area contributed by atoms with Gasteiger partial charge in [-0.25, -0.2) is 8.78 Å². The minimum Gasteiger partial charge on any atom is -0.491 e. The molecule has 25 heavy (non-hydrogen) atoms. The van der Waals surface area contributed by atoms with Gasteiger partial charge in [-0.2, -0.15) is 0 Å². The average molecular weight is 347 g/mol. The van der Waals surface area contributed by atoms with Crippen LogP contribution in [0, 0.1) is 17.6 Å². The molecule has 0 spiro atoms. The lowest BCUT2D eigenvalue weighted by Crippen LogP contribution is -2.25. The number of amides is 1. The Bertz CT molecular complexity index is 766. The zero-order chi connectivity index (χ0) is 17.8. The van der Waals surface area contributed by atoms with Gasteiger partial charge in [0.1, 0.15) is 12.4 Å². The minimum atomic E-state index is -0.890. The topological polar surface area (TPSA) is 58.6 Å². The van der Waals surface area contributed by atoms with Gasteiger partial charge in [0.25, 0.3) is 0 Å². The van der Waals surface area contributed by atoms with Crippen LogP contribution in [0.1, 0.15) is 23.5 Å². The van der Waals surface area contributed by atoms with Gasteiger partial charge < -0.3 is 15.2 Å². The molecule has 0 saturated heterocycles. The van der Waals surface area contributed by atoms with Crippen molar-refractivity contribution < 1.29 is 23.4 Å². The van der Waals surface area contributed by atoms with Crippen molar-refractivity contribution in [3.05, 3.63) is 65.2 Å². The quantitative estimate of drug-likeness (QED) is 0.810. The summed E-state index contributed by atoms with van der Waals surface area (Å²) in [6, 6.07) is 11.3. The molecule has 0 aliphatic heterocycles. The SMILES string of the molecule is O=C(NCc1ccccc1OCCO)C1CC1c1cccc(F)c1F. The molecule has 6 heteroatoms. The van der Waals surface area contributed by atoms with Gasteiger partial charge in [-0.3, -0.25) is 4.79 Å². The number of carbonyl (C=O) groups is 1. The predicted octanol–water partition coefficient (Wildman–Crippen LogP) is 2.76. The van der Waals surface area contributed by atoms with Gasteiger partial charge in [-0.15, -0.1) is 0 Å². The molecular weight excluding hydrogens is 328 g/mol. The fourth-order valence-electron chi connectivity index (χ4n) is 2.90. The molecule has 1 saturated carbocycles. The van der Waals surface area contributed by atoms with Crippen LogP contribution in [0.4, 0.5) is 8.78 Å². The molecule has 1 aliphatic rings. The number of benzene rings is 2.